The first kappa shape index (κ1) is 80.9. The molecule has 0 bridgehead atoms. The Morgan fingerprint density at radius 1 is 0.471 bits per heavy atom. The number of anilines is 10. The summed E-state index contributed by atoms with van der Waals surface area (Å²) < 4.78 is 5.49. The van der Waals surface area contributed by atoms with E-state index in [0.29, 0.717) is 88.1 Å². The van der Waals surface area contributed by atoms with E-state index in [0.717, 1.165) is 97.3 Å². The fraction of sp³-hybridized carbons (Fsp3) is 0.458. The van der Waals surface area contributed by atoms with Gasteiger partial charge in [-0.1, -0.05) is 77.9 Å². The number of nitrogen functional groups attached to an aromatic ring is 5. The highest BCUT2D eigenvalue weighted by molar-refractivity contribution is 5.92. The molecule has 0 aliphatic carbocycles. The molecule has 0 aliphatic rings. The normalized spacial score (nSPS) is 12.9. The van der Waals surface area contributed by atoms with Gasteiger partial charge in [0, 0.05) is 35.4 Å². The minimum Gasteiger partial charge on any atom is -0.494 e. The van der Waals surface area contributed by atoms with Crippen LogP contribution in [0, 0.1) is 6.92 Å². The van der Waals surface area contributed by atoms with Crippen LogP contribution < -0.4 is 60.0 Å². The van der Waals surface area contributed by atoms with Gasteiger partial charge in [-0.25, -0.2) is 24.9 Å². The van der Waals surface area contributed by atoms with Crippen molar-refractivity contribution in [3.05, 3.63) is 110 Å². The minimum atomic E-state index is -0.778. The van der Waals surface area contributed by atoms with Gasteiger partial charge in [-0.15, -0.1) is 6.58 Å². The molecule has 0 saturated carbocycles. The third-order valence-corrected chi connectivity index (χ3v) is 16.0. The van der Waals surface area contributed by atoms with Gasteiger partial charge in [0.25, 0.3) is 0 Å². The third-order valence-electron chi connectivity index (χ3n) is 16.0. The molecule has 550 valence electrons. The molecule has 30 heteroatoms. The number of hydrogen-bond acceptors (Lipinski definition) is 30. The van der Waals surface area contributed by atoms with Crippen LogP contribution in [0.3, 0.4) is 0 Å². The molecular weight excluding hydrogens is 1300 g/mol. The van der Waals surface area contributed by atoms with E-state index in [1.807, 2.05) is 75.4 Å². The molecule has 102 heavy (non-hydrogen) atoms. The number of ether oxygens (including phenoxy) is 1. The lowest BCUT2D eigenvalue weighted by Gasteiger charge is -2.29. The Morgan fingerprint density at radius 3 is 1.30 bits per heavy atom. The van der Waals surface area contributed by atoms with Gasteiger partial charge < -0.3 is 90.6 Å². The highest BCUT2D eigenvalue weighted by atomic mass is 16.5. The summed E-state index contributed by atoms with van der Waals surface area (Å²) in [5.41, 5.74) is 34.0. The monoisotopic (exact) mass is 1400 g/mol. The van der Waals surface area contributed by atoms with Crippen molar-refractivity contribution >= 4 is 114 Å². The summed E-state index contributed by atoms with van der Waals surface area (Å²) >= 11 is 0. The van der Waals surface area contributed by atoms with E-state index in [2.05, 4.69) is 119 Å². The average molecular weight is 1400 g/mol. The molecule has 10 rings (SSSR count). The molecule has 0 amide bonds. The average Bonchev–Trinajstić information content (AvgIpc) is 0.843. The second kappa shape index (κ2) is 41.0. The van der Waals surface area contributed by atoms with Gasteiger partial charge in [-0.05, 0) is 139 Å². The van der Waals surface area contributed by atoms with Gasteiger partial charge in [-0.3, -0.25) is 15.0 Å². The number of aryl methyl sites for hydroxylation is 1. The van der Waals surface area contributed by atoms with E-state index in [4.69, 9.17) is 33.4 Å². The van der Waals surface area contributed by atoms with Crippen molar-refractivity contribution in [2.75, 3.05) is 94.9 Å². The summed E-state index contributed by atoms with van der Waals surface area (Å²) in [6.07, 6.45) is 18.8. The van der Waals surface area contributed by atoms with E-state index >= 15 is 0 Å². The first-order valence-corrected chi connectivity index (χ1v) is 34.6. The number of benzene rings is 2. The number of unbranched alkanes of at least 4 members (excludes halogenated alkanes) is 4. The maximum atomic E-state index is 9.78. The van der Waals surface area contributed by atoms with Crippen LogP contribution in [-0.2, 0) is 0 Å². The number of pyridine rings is 3. The van der Waals surface area contributed by atoms with Crippen LogP contribution in [0.25, 0.3) is 54.9 Å². The summed E-state index contributed by atoms with van der Waals surface area (Å²) in [6.45, 7) is 20.1. The summed E-state index contributed by atoms with van der Waals surface area (Å²) in [5, 5.41) is 75.1. The maximum Gasteiger partial charge on any atom is 0.222 e. The van der Waals surface area contributed by atoms with Crippen LogP contribution in [-0.4, -0.2) is 170 Å². The third kappa shape index (κ3) is 25.5. The number of rotatable bonds is 32. The molecule has 8 aromatic heterocycles. The van der Waals surface area contributed by atoms with Crippen LogP contribution >= 0.6 is 0 Å². The van der Waals surface area contributed by atoms with Crippen molar-refractivity contribution in [1.29, 1.82) is 0 Å². The Balaban J connectivity index is 0.000000201. The van der Waals surface area contributed by atoms with E-state index in [1.165, 1.54) is 0 Å². The molecule has 5 atom stereocenters. The molecular formula is C72H105N23O7. The quantitative estimate of drug-likeness (QED) is 0.0138. The minimum absolute atomic E-state index is 0.00578. The largest absolute Gasteiger partial charge is 0.494 e. The summed E-state index contributed by atoms with van der Waals surface area (Å²) in [5.74, 6) is 4.68. The number of nitrogens with two attached hydrogens (primary N) is 5. The molecule has 0 radical (unpaired) electrons. The fourth-order valence-corrected chi connectivity index (χ4v) is 10.5. The van der Waals surface area contributed by atoms with Crippen molar-refractivity contribution in [3.63, 3.8) is 0 Å². The smallest absolute Gasteiger partial charge is 0.222 e. The van der Waals surface area contributed by atoms with E-state index < -0.39 is 11.1 Å². The zero-order chi connectivity index (χ0) is 74.2. The Morgan fingerprint density at radius 2 is 0.873 bits per heavy atom. The molecule has 0 saturated heterocycles. The second-order valence-corrected chi connectivity index (χ2v) is 25.5. The molecule has 0 fully saturated rings. The molecule has 30 nitrogen and oxygen atoms in total. The van der Waals surface area contributed by atoms with Gasteiger partial charge in [0.1, 0.15) is 33.9 Å². The molecule has 0 spiro atoms. The molecule has 0 aliphatic heterocycles. The highest BCUT2D eigenvalue weighted by Gasteiger charge is 2.25. The molecule has 0 unspecified atom stereocenters. The number of fused-ring (bicyclic) bond motifs is 5. The molecule has 10 aromatic rings. The van der Waals surface area contributed by atoms with Gasteiger partial charge in [-0.2, -0.15) is 24.9 Å². The lowest BCUT2D eigenvalue weighted by Crippen LogP contribution is -2.39. The van der Waals surface area contributed by atoms with Crippen LogP contribution in [0.15, 0.2) is 104 Å². The summed E-state index contributed by atoms with van der Waals surface area (Å²) in [4.78, 5) is 54.7. The summed E-state index contributed by atoms with van der Waals surface area (Å²) in [6, 6.07) is 22.0. The Kier molecular flexibility index (Phi) is 32.5. The molecule has 21 N–H and O–H groups in total. The van der Waals surface area contributed by atoms with Crippen molar-refractivity contribution in [2.24, 2.45) is 0 Å². The van der Waals surface area contributed by atoms with Gasteiger partial charge in [0.2, 0.25) is 29.7 Å². The highest BCUT2D eigenvalue weighted by Crippen LogP contribution is 2.30. The lowest BCUT2D eigenvalue weighted by atomic mass is 9.95. The van der Waals surface area contributed by atoms with Crippen LogP contribution in [0.1, 0.15) is 138 Å². The number of hydrogen-bond donors (Lipinski definition) is 16. The first-order valence-electron chi connectivity index (χ1n) is 34.6. The van der Waals surface area contributed by atoms with Crippen molar-refractivity contribution < 1.29 is 35.4 Å². The standard InChI is InChI=1S/C16H24N4O2.C15H23N5O.C15H22N4O.C14H21N5O2.C12H15N5O/c1-3-5-6-11(10-21)18-15-13-8-7-12(22-4-2)9-14(13)19-16(17)20-15;1-3-4-5-8-15(2,10-21)20-13-12-11(7-6-9-17-12)18-14(16)19-13;1-3-4-5-11(9-20)17-14-12-7-6-10(2)8-13(12)18-15(16)19-14;1-14(2,21)6-5-9(8-20)17-12-11-10(4-3-7-16-11)18-13(15)19-12;1-2-4-8(7-18)15-11-10-9(5-3-6-14-10)16-12(13)17-11/h7-9,11,21H,3-6,10H2,1-2H3,(H3,17,18,19,20);6-7,9,21H,3-5,8,10H2,1-2H3,(H3,16,18,19,20);6-8,11,20H,3-5,9H2,1-2H3,(H3,16,17,18,19);3-4,7,9,20-21H,5-6,8H2,1-2H3,(H3,15,17,18,19);2-3,5-6,8,18H,1,4,7H2,(H3,13,15,16,17)/t11-;15-;11-;9-;8-/m10111/s1. The van der Waals surface area contributed by atoms with Crippen LogP contribution in [0.2, 0.25) is 0 Å². The van der Waals surface area contributed by atoms with Crippen molar-refractivity contribution in [2.45, 2.75) is 174 Å². The Bertz CT molecular complexity index is 4210. The predicted molar refractivity (Wildman–Crippen MR) is 410 cm³/mol. The fourth-order valence-electron chi connectivity index (χ4n) is 10.5. The SMILES string of the molecule is C=CC[C@H](CO)Nc1nc(N)nc2cccnc12.CC(C)(O)CC[C@H](CO)Nc1nc(N)nc2cccnc12.CCCCC[C@@](C)(CO)Nc1nc(N)nc2cccnc12.CCCC[C@H](CO)Nc1nc(N)nc2cc(C)ccc12.CCCC[C@H](CO)Nc1nc(N)nc2cc(OCC)ccc12. The number of nitrogens with one attached hydrogen (secondary N) is 5. The lowest BCUT2D eigenvalue weighted by molar-refractivity contribution is 0.0653. The van der Waals surface area contributed by atoms with E-state index in [-0.39, 0.29) is 86.9 Å². The summed E-state index contributed by atoms with van der Waals surface area (Å²) in [7, 11) is 0. The zero-order valence-electron chi connectivity index (χ0n) is 60.0. The molecule has 2 aromatic carbocycles. The van der Waals surface area contributed by atoms with Gasteiger partial charge in [0.05, 0.1) is 103 Å². The predicted octanol–water partition coefficient (Wildman–Crippen LogP) is 9.29. The van der Waals surface area contributed by atoms with E-state index in [1.54, 1.807) is 56.7 Å². The Labute approximate surface area is 595 Å². The Hall–Kier alpha value is -10.1. The van der Waals surface area contributed by atoms with Gasteiger partial charge >= 0.3 is 0 Å². The topological polar surface area (TPSA) is 488 Å². The van der Waals surface area contributed by atoms with Crippen LogP contribution in [0.4, 0.5) is 58.8 Å². The number of aliphatic hydroxyl groups excluding tert-OH is 5. The van der Waals surface area contributed by atoms with Crippen molar-refractivity contribution in [3.8, 4) is 5.75 Å². The van der Waals surface area contributed by atoms with Crippen molar-refractivity contribution in [1.82, 2.24) is 64.8 Å². The molecule has 8 heterocycles. The second-order valence-electron chi connectivity index (χ2n) is 25.5. The number of aliphatic hydroxyl groups is 6. The number of aromatic nitrogens is 13. The number of nitrogens with zero attached hydrogens (tertiary/aromatic N) is 13. The first-order chi connectivity index (χ1) is 49.0. The zero-order valence-corrected chi connectivity index (χ0v) is 60.0. The maximum absolute atomic E-state index is 9.78. The van der Waals surface area contributed by atoms with E-state index in [9.17, 15) is 30.6 Å². The van der Waals surface area contributed by atoms with Crippen LogP contribution in [0.5, 0.6) is 5.75 Å². The van der Waals surface area contributed by atoms with Gasteiger partial charge in [0.15, 0.2) is 17.5 Å².